The van der Waals surface area contributed by atoms with E-state index in [1.54, 1.807) is 11.3 Å². The number of hydrogen-bond acceptors (Lipinski definition) is 2. The second-order valence-corrected chi connectivity index (χ2v) is 2.77. The van der Waals surface area contributed by atoms with Crippen LogP contribution in [-0.4, -0.2) is 13.6 Å². The van der Waals surface area contributed by atoms with Crippen LogP contribution < -0.4 is 5.32 Å². The molecule has 3 heteroatoms. The Balaban J connectivity index is 0.000000810. The fraction of sp³-hybridized carbons (Fsp3) is 0.429. The topological polar surface area (TPSA) is 12.0 Å². The molecule has 1 nitrogen and oxygen atoms in total. The summed E-state index contributed by atoms with van der Waals surface area (Å²) >= 11 is 1.76. The summed E-state index contributed by atoms with van der Waals surface area (Å²) in [7, 11) is 1.98. The van der Waals surface area contributed by atoms with Crippen LogP contribution >= 0.6 is 23.7 Å². The molecule has 1 rings (SSSR count). The molecule has 0 spiro atoms. The second kappa shape index (κ2) is 5.71. The summed E-state index contributed by atoms with van der Waals surface area (Å²) in [6, 6.07) is 2.17. The molecule has 1 heterocycles. The summed E-state index contributed by atoms with van der Waals surface area (Å²) in [5.41, 5.74) is 1.44. The summed E-state index contributed by atoms with van der Waals surface area (Å²) in [5, 5.41) is 7.42. The summed E-state index contributed by atoms with van der Waals surface area (Å²) in [4.78, 5) is 0. The zero-order chi connectivity index (χ0) is 6.53. The number of hydrogen-bond donors (Lipinski definition) is 1. The molecule has 0 aliphatic carbocycles. The van der Waals surface area contributed by atoms with Crippen molar-refractivity contribution in [1.82, 2.24) is 5.32 Å². The third-order valence-electron chi connectivity index (χ3n) is 1.24. The van der Waals surface area contributed by atoms with Crippen molar-refractivity contribution in [2.75, 3.05) is 13.6 Å². The summed E-state index contributed by atoms with van der Waals surface area (Å²) in [6.45, 7) is 1.08. The van der Waals surface area contributed by atoms with E-state index in [2.05, 4.69) is 22.1 Å². The minimum absolute atomic E-state index is 0. The van der Waals surface area contributed by atoms with Gasteiger partial charge in [-0.25, -0.2) is 0 Å². The SMILES string of the molecule is CNCCc1ccsc1.Cl. The molecule has 0 unspecified atom stereocenters. The lowest BCUT2D eigenvalue weighted by molar-refractivity contribution is 0.793. The van der Waals surface area contributed by atoms with Gasteiger partial charge in [-0.05, 0) is 42.4 Å². The van der Waals surface area contributed by atoms with Crippen molar-refractivity contribution in [1.29, 1.82) is 0 Å². The monoisotopic (exact) mass is 177 g/mol. The van der Waals surface area contributed by atoms with Gasteiger partial charge >= 0.3 is 0 Å². The van der Waals surface area contributed by atoms with Crippen LogP contribution in [0.4, 0.5) is 0 Å². The Kier molecular flexibility index (Phi) is 5.69. The maximum absolute atomic E-state index is 3.11. The molecule has 1 N–H and O–H groups in total. The molecular weight excluding hydrogens is 166 g/mol. The summed E-state index contributed by atoms with van der Waals surface area (Å²) < 4.78 is 0. The minimum Gasteiger partial charge on any atom is -0.319 e. The number of halogens is 1. The van der Waals surface area contributed by atoms with Crippen LogP contribution in [0.1, 0.15) is 5.56 Å². The fourth-order valence-corrected chi connectivity index (χ4v) is 1.41. The molecule has 1 aromatic heterocycles. The molecule has 0 bridgehead atoms. The molecule has 0 saturated carbocycles. The van der Waals surface area contributed by atoms with E-state index in [4.69, 9.17) is 0 Å². The Morgan fingerprint density at radius 2 is 2.40 bits per heavy atom. The van der Waals surface area contributed by atoms with Gasteiger partial charge in [0, 0.05) is 0 Å². The van der Waals surface area contributed by atoms with Crippen LogP contribution in [-0.2, 0) is 6.42 Å². The van der Waals surface area contributed by atoms with Gasteiger partial charge in [0.2, 0.25) is 0 Å². The van der Waals surface area contributed by atoms with Crippen LogP contribution in [0.25, 0.3) is 0 Å². The highest BCUT2D eigenvalue weighted by Gasteiger charge is 1.88. The van der Waals surface area contributed by atoms with Crippen molar-refractivity contribution in [2.24, 2.45) is 0 Å². The van der Waals surface area contributed by atoms with Crippen LogP contribution in [0.5, 0.6) is 0 Å². The molecule has 0 aliphatic rings. The lowest BCUT2D eigenvalue weighted by Crippen LogP contribution is -2.09. The van der Waals surface area contributed by atoms with Crippen LogP contribution in [0.3, 0.4) is 0 Å². The fourth-order valence-electron chi connectivity index (χ4n) is 0.704. The molecule has 0 fully saturated rings. The van der Waals surface area contributed by atoms with Crippen LogP contribution in [0.2, 0.25) is 0 Å². The van der Waals surface area contributed by atoms with Gasteiger partial charge in [-0.1, -0.05) is 0 Å². The molecule has 0 aromatic carbocycles. The van der Waals surface area contributed by atoms with Gasteiger partial charge in [-0.2, -0.15) is 11.3 Å². The predicted molar refractivity (Wildman–Crippen MR) is 49.2 cm³/mol. The maximum Gasteiger partial charge on any atom is -0.00111 e. The van der Waals surface area contributed by atoms with E-state index >= 15 is 0 Å². The average Bonchev–Trinajstić information content (AvgIpc) is 2.34. The Hall–Kier alpha value is -0.0500. The van der Waals surface area contributed by atoms with Crippen molar-refractivity contribution in [3.63, 3.8) is 0 Å². The first-order valence-corrected chi connectivity index (χ1v) is 4.03. The number of rotatable bonds is 3. The van der Waals surface area contributed by atoms with E-state index in [1.165, 1.54) is 5.56 Å². The highest BCUT2D eigenvalue weighted by Crippen LogP contribution is 2.05. The van der Waals surface area contributed by atoms with Crippen molar-refractivity contribution in [2.45, 2.75) is 6.42 Å². The molecule has 0 amide bonds. The van der Waals surface area contributed by atoms with Crippen LogP contribution in [0.15, 0.2) is 16.8 Å². The predicted octanol–water partition coefficient (Wildman–Crippen LogP) is 1.93. The molecule has 0 aliphatic heterocycles. The van der Waals surface area contributed by atoms with Crippen molar-refractivity contribution < 1.29 is 0 Å². The van der Waals surface area contributed by atoms with Gasteiger partial charge in [0.25, 0.3) is 0 Å². The van der Waals surface area contributed by atoms with E-state index in [1.807, 2.05) is 7.05 Å². The zero-order valence-corrected chi connectivity index (χ0v) is 7.60. The third kappa shape index (κ3) is 3.20. The first kappa shape index (κ1) is 9.95. The minimum atomic E-state index is 0. The Morgan fingerprint density at radius 1 is 1.60 bits per heavy atom. The average molecular weight is 178 g/mol. The summed E-state index contributed by atoms with van der Waals surface area (Å²) in [5.74, 6) is 0. The lowest BCUT2D eigenvalue weighted by atomic mass is 10.2. The van der Waals surface area contributed by atoms with Crippen LogP contribution in [0, 0.1) is 0 Å². The molecule has 1 aromatic rings. The summed E-state index contributed by atoms with van der Waals surface area (Å²) in [6.07, 6.45) is 1.15. The van der Waals surface area contributed by atoms with Gasteiger partial charge in [0.05, 0.1) is 0 Å². The smallest absolute Gasteiger partial charge is 0.00111 e. The Labute approximate surface area is 71.9 Å². The van der Waals surface area contributed by atoms with Gasteiger partial charge in [0.1, 0.15) is 0 Å². The molecule has 0 atom stereocenters. The van der Waals surface area contributed by atoms with E-state index in [-0.39, 0.29) is 12.4 Å². The highest BCUT2D eigenvalue weighted by molar-refractivity contribution is 7.07. The van der Waals surface area contributed by atoms with Gasteiger partial charge < -0.3 is 5.32 Å². The third-order valence-corrected chi connectivity index (χ3v) is 1.98. The maximum atomic E-state index is 3.11. The first-order valence-electron chi connectivity index (χ1n) is 3.09. The molecule has 58 valence electrons. The van der Waals surface area contributed by atoms with Crippen molar-refractivity contribution in [3.05, 3.63) is 22.4 Å². The van der Waals surface area contributed by atoms with Gasteiger partial charge in [0.15, 0.2) is 0 Å². The molecule has 0 radical (unpaired) electrons. The van der Waals surface area contributed by atoms with Gasteiger partial charge in [-0.15, -0.1) is 12.4 Å². The number of thiophene rings is 1. The quantitative estimate of drug-likeness (QED) is 0.744. The number of nitrogens with one attached hydrogen (secondary N) is 1. The number of likely N-dealkylation sites (N-methyl/N-ethyl adjacent to an activating group) is 1. The first-order chi connectivity index (χ1) is 4.43. The molecule has 0 saturated heterocycles. The normalized spacial score (nSPS) is 8.90. The van der Waals surface area contributed by atoms with E-state index in [0.29, 0.717) is 0 Å². The van der Waals surface area contributed by atoms with E-state index in [0.717, 1.165) is 13.0 Å². The lowest BCUT2D eigenvalue weighted by Gasteiger charge is -1.93. The van der Waals surface area contributed by atoms with Crippen molar-refractivity contribution >= 4 is 23.7 Å². The Bertz CT molecular complexity index is 151. The molecular formula is C7H12ClNS. The highest BCUT2D eigenvalue weighted by atomic mass is 35.5. The Morgan fingerprint density at radius 3 is 2.90 bits per heavy atom. The van der Waals surface area contributed by atoms with E-state index in [9.17, 15) is 0 Å². The van der Waals surface area contributed by atoms with Crippen molar-refractivity contribution in [3.8, 4) is 0 Å². The largest absolute Gasteiger partial charge is 0.319 e. The van der Waals surface area contributed by atoms with E-state index < -0.39 is 0 Å². The zero-order valence-electron chi connectivity index (χ0n) is 5.96. The second-order valence-electron chi connectivity index (χ2n) is 1.99. The van der Waals surface area contributed by atoms with Gasteiger partial charge in [-0.3, -0.25) is 0 Å². The molecule has 10 heavy (non-hydrogen) atoms. The standard InChI is InChI=1S/C7H11NS.ClH/c1-8-4-2-7-3-5-9-6-7;/h3,5-6,8H,2,4H2,1H3;1H.